The van der Waals surface area contributed by atoms with Gasteiger partial charge in [0.2, 0.25) is 0 Å². The van der Waals surface area contributed by atoms with Crippen molar-refractivity contribution in [3.8, 4) is 5.75 Å². The van der Waals surface area contributed by atoms with Crippen molar-refractivity contribution in [1.82, 2.24) is 9.80 Å². The minimum absolute atomic E-state index is 0.141. The van der Waals surface area contributed by atoms with Crippen molar-refractivity contribution in [2.75, 3.05) is 13.2 Å². The molecule has 2 atom stereocenters. The normalized spacial score (nSPS) is 17.0. The number of carbonyl (C=O) groups is 2. The number of hydrogen-bond donors (Lipinski definition) is 1. The number of aliphatic hydroxyl groups excluding tert-OH is 1. The van der Waals surface area contributed by atoms with Gasteiger partial charge in [-0.15, -0.1) is 0 Å². The fourth-order valence-corrected chi connectivity index (χ4v) is 3.69. The number of ether oxygens (including phenoxy) is 1. The Labute approximate surface area is 185 Å². The van der Waals surface area contributed by atoms with Crippen LogP contribution < -0.4 is 4.74 Å². The van der Waals surface area contributed by atoms with E-state index in [4.69, 9.17) is 4.74 Å². The monoisotopic (exact) mass is 434 g/mol. The number of halogens is 1. The summed E-state index contributed by atoms with van der Waals surface area (Å²) in [5.74, 6) is -0.396. The second kappa shape index (κ2) is 9.62. The predicted octanol–water partition coefficient (Wildman–Crippen LogP) is 3.77. The third-order valence-corrected chi connectivity index (χ3v) is 5.25. The Morgan fingerprint density at radius 1 is 0.906 bits per heavy atom. The van der Waals surface area contributed by atoms with E-state index in [2.05, 4.69) is 0 Å². The zero-order valence-electron chi connectivity index (χ0n) is 17.3. The predicted molar refractivity (Wildman–Crippen MR) is 116 cm³/mol. The average Bonchev–Trinajstić information content (AvgIpc) is 3.04. The third kappa shape index (κ3) is 4.78. The number of urea groups is 1. The van der Waals surface area contributed by atoms with Crippen LogP contribution in [0.2, 0.25) is 0 Å². The molecule has 7 heteroatoms. The van der Waals surface area contributed by atoms with Crippen molar-refractivity contribution in [2.24, 2.45) is 0 Å². The lowest BCUT2D eigenvalue weighted by atomic mass is 10.1. The van der Waals surface area contributed by atoms with Crippen LogP contribution in [-0.2, 0) is 11.3 Å². The summed E-state index contributed by atoms with van der Waals surface area (Å²) in [6, 6.07) is 22.7. The molecule has 0 saturated carbocycles. The van der Waals surface area contributed by atoms with E-state index >= 15 is 0 Å². The molecule has 32 heavy (non-hydrogen) atoms. The second-order valence-electron chi connectivity index (χ2n) is 7.58. The van der Waals surface area contributed by atoms with Gasteiger partial charge in [0.05, 0.1) is 6.54 Å². The van der Waals surface area contributed by atoms with E-state index in [0.29, 0.717) is 11.3 Å². The van der Waals surface area contributed by atoms with Gasteiger partial charge in [0.15, 0.2) is 0 Å². The highest BCUT2D eigenvalue weighted by molar-refractivity contribution is 6.04. The van der Waals surface area contributed by atoms with Gasteiger partial charge in [-0.3, -0.25) is 9.69 Å². The summed E-state index contributed by atoms with van der Waals surface area (Å²) in [7, 11) is 0. The third-order valence-electron chi connectivity index (χ3n) is 5.25. The van der Waals surface area contributed by atoms with Gasteiger partial charge in [-0.1, -0.05) is 60.7 Å². The maximum absolute atomic E-state index is 13.2. The average molecular weight is 434 g/mol. The van der Waals surface area contributed by atoms with Crippen molar-refractivity contribution in [2.45, 2.75) is 18.7 Å². The molecule has 3 amide bonds. The number of nitrogens with zero attached hydrogens (tertiary/aromatic N) is 2. The van der Waals surface area contributed by atoms with E-state index in [-0.39, 0.29) is 19.7 Å². The van der Waals surface area contributed by atoms with Gasteiger partial charge in [0.1, 0.15) is 30.3 Å². The minimum Gasteiger partial charge on any atom is -0.491 e. The molecule has 164 valence electrons. The van der Waals surface area contributed by atoms with Gasteiger partial charge < -0.3 is 14.7 Å². The molecule has 1 saturated heterocycles. The largest absolute Gasteiger partial charge is 0.491 e. The Morgan fingerprint density at radius 3 is 2.19 bits per heavy atom. The molecule has 1 aliphatic rings. The van der Waals surface area contributed by atoms with Gasteiger partial charge >= 0.3 is 6.03 Å². The van der Waals surface area contributed by atoms with Crippen LogP contribution in [0.4, 0.5) is 9.18 Å². The molecule has 0 bridgehead atoms. The molecule has 1 fully saturated rings. The summed E-state index contributed by atoms with van der Waals surface area (Å²) < 4.78 is 18.5. The number of hydrogen-bond acceptors (Lipinski definition) is 4. The molecule has 1 N–H and O–H groups in total. The number of benzene rings is 3. The molecule has 1 aliphatic heterocycles. The van der Waals surface area contributed by atoms with Crippen LogP contribution >= 0.6 is 0 Å². The molecular formula is C25H23FN2O4. The van der Waals surface area contributed by atoms with E-state index in [1.807, 2.05) is 60.7 Å². The number of β-amino-alcohol motifs (C(OH)–C–C–N with tert-alkyl or cyclic N) is 1. The highest BCUT2D eigenvalue weighted by Crippen LogP contribution is 2.32. The molecule has 6 nitrogen and oxygen atoms in total. The van der Waals surface area contributed by atoms with Gasteiger partial charge in [-0.05, 0) is 35.4 Å². The molecule has 0 radical (unpaired) electrons. The van der Waals surface area contributed by atoms with Crippen LogP contribution in [0.1, 0.15) is 17.2 Å². The van der Waals surface area contributed by atoms with E-state index in [1.54, 1.807) is 0 Å². The zero-order valence-corrected chi connectivity index (χ0v) is 17.3. The van der Waals surface area contributed by atoms with Crippen molar-refractivity contribution < 1.29 is 23.8 Å². The Balaban J connectivity index is 1.49. The second-order valence-corrected chi connectivity index (χ2v) is 7.58. The van der Waals surface area contributed by atoms with Crippen molar-refractivity contribution >= 4 is 11.9 Å². The van der Waals surface area contributed by atoms with Crippen LogP contribution in [0.15, 0.2) is 84.9 Å². The first-order valence-electron chi connectivity index (χ1n) is 10.3. The first-order valence-corrected chi connectivity index (χ1v) is 10.3. The molecule has 4 rings (SSSR count). The highest BCUT2D eigenvalue weighted by atomic mass is 19.1. The Kier molecular flexibility index (Phi) is 6.47. The van der Waals surface area contributed by atoms with E-state index in [0.717, 1.165) is 10.5 Å². The lowest BCUT2D eigenvalue weighted by Gasteiger charge is -2.22. The minimum atomic E-state index is -1.10. The lowest BCUT2D eigenvalue weighted by molar-refractivity contribution is -0.129. The topological polar surface area (TPSA) is 70.1 Å². The van der Waals surface area contributed by atoms with Crippen molar-refractivity contribution in [3.05, 3.63) is 102 Å². The number of carbonyl (C=O) groups excluding carboxylic acids is 2. The summed E-state index contributed by atoms with van der Waals surface area (Å²) in [4.78, 5) is 29.0. The highest BCUT2D eigenvalue weighted by Gasteiger charge is 2.46. The lowest BCUT2D eigenvalue weighted by Crippen LogP contribution is -2.40. The summed E-state index contributed by atoms with van der Waals surface area (Å²) >= 11 is 0. The number of amides is 3. The first-order chi connectivity index (χ1) is 15.5. The van der Waals surface area contributed by atoms with E-state index in [9.17, 15) is 19.1 Å². The van der Waals surface area contributed by atoms with Crippen molar-refractivity contribution in [1.29, 1.82) is 0 Å². The maximum atomic E-state index is 13.2. The summed E-state index contributed by atoms with van der Waals surface area (Å²) in [5, 5.41) is 10.4. The summed E-state index contributed by atoms with van der Waals surface area (Å²) in [6.07, 6.45) is -1.10. The Hall–Kier alpha value is -3.71. The van der Waals surface area contributed by atoms with Crippen LogP contribution in [0.3, 0.4) is 0 Å². The summed E-state index contributed by atoms with van der Waals surface area (Å²) in [6.45, 7) is -0.0749. The fraction of sp³-hybridized carbons (Fsp3) is 0.200. The number of imide groups is 1. The quantitative estimate of drug-likeness (QED) is 0.548. The molecule has 0 aromatic heterocycles. The van der Waals surface area contributed by atoms with Gasteiger partial charge in [0.25, 0.3) is 5.91 Å². The van der Waals surface area contributed by atoms with Crippen LogP contribution in [0.25, 0.3) is 0 Å². The van der Waals surface area contributed by atoms with Crippen LogP contribution in [-0.4, -0.2) is 46.1 Å². The van der Waals surface area contributed by atoms with Gasteiger partial charge in [-0.25, -0.2) is 9.18 Å². The molecule has 3 aromatic carbocycles. The zero-order chi connectivity index (χ0) is 22.5. The molecular weight excluding hydrogens is 411 g/mol. The Morgan fingerprint density at radius 2 is 1.53 bits per heavy atom. The smallest absolute Gasteiger partial charge is 0.328 e. The van der Waals surface area contributed by atoms with Gasteiger partial charge in [0, 0.05) is 6.54 Å². The SMILES string of the molecule is O=C1C(c2ccccc2)N(Cc2ccccc2)C(=O)N1CC(O)COc1ccc(F)cc1. The Bertz CT molecular complexity index is 1060. The maximum Gasteiger partial charge on any atom is 0.328 e. The van der Waals surface area contributed by atoms with Crippen LogP contribution in [0, 0.1) is 5.82 Å². The van der Waals surface area contributed by atoms with Crippen molar-refractivity contribution in [3.63, 3.8) is 0 Å². The number of rotatable bonds is 8. The fourth-order valence-electron chi connectivity index (χ4n) is 3.69. The molecule has 0 spiro atoms. The van der Waals surface area contributed by atoms with Crippen LogP contribution in [0.5, 0.6) is 5.75 Å². The number of aliphatic hydroxyl groups is 1. The molecule has 1 heterocycles. The molecule has 0 aliphatic carbocycles. The van der Waals surface area contributed by atoms with E-state index < -0.39 is 29.9 Å². The standard InChI is InChI=1S/C25H23FN2O4/c26-20-11-13-22(14-12-20)32-17-21(29)16-28-24(30)23(19-9-5-2-6-10-19)27(25(28)31)15-18-7-3-1-4-8-18/h1-14,21,23,29H,15-17H2. The first kappa shape index (κ1) is 21.5. The van der Waals surface area contributed by atoms with Gasteiger partial charge in [-0.2, -0.15) is 0 Å². The molecule has 3 aromatic rings. The summed E-state index contributed by atoms with van der Waals surface area (Å²) in [5.41, 5.74) is 1.61. The molecule has 2 unspecified atom stereocenters. The van der Waals surface area contributed by atoms with E-state index in [1.165, 1.54) is 29.2 Å².